The van der Waals surface area contributed by atoms with Crippen molar-refractivity contribution in [3.05, 3.63) is 36.0 Å². The molecule has 112 valence electrons. The summed E-state index contributed by atoms with van der Waals surface area (Å²) in [6.07, 6.45) is 6.01. The Morgan fingerprint density at radius 2 is 2.19 bits per heavy atom. The SMILES string of the molecule is CC(C)CC(=O)N1CCCC1Cc1c[nH]c2ccccc12. The Balaban J connectivity index is 1.75. The van der Waals surface area contributed by atoms with E-state index in [4.69, 9.17) is 0 Å². The fraction of sp³-hybridized carbons (Fsp3) is 0.500. The zero-order valence-corrected chi connectivity index (χ0v) is 12.9. The number of carbonyl (C=O) groups excluding carboxylic acids is 1. The number of nitrogens with one attached hydrogen (secondary N) is 1. The van der Waals surface area contributed by atoms with Crippen LogP contribution in [0.15, 0.2) is 30.5 Å². The molecule has 1 amide bonds. The van der Waals surface area contributed by atoms with Gasteiger partial charge in [-0.2, -0.15) is 0 Å². The number of carbonyl (C=O) groups is 1. The summed E-state index contributed by atoms with van der Waals surface area (Å²) in [5.41, 5.74) is 2.52. The Morgan fingerprint density at radius 1 is 1.38 bits per heavy atom. The largest absolute Gasteiger partial charge is 0.361 e. The monoisotopic (exact) mass is 284 g/mol. The lowest BCUT2D eigenvalue weighted by Gasteiger charge is -2.25. The summed E-state index contributed by atoms with van der Waals surface area (Å²) in [6, 6.07) is 8.77. The van der Waals surface area contributed by atoms with Crippen LogP contribution < -0.4 is 0 Å². The zero-order valence-electron chi connectivity index (χ0n) is 12.9. The van der Waals surface area contributed by atoms with E-state index in [1.165, 1.54) is 16.5 Å². The number of para-hydroxylation sites is 1. The summed E-state index contributed by atoms with van der Waals surface area (Å²) >= 11 is 0. The first kappa shape index (κ1) is 14.2. The molecule has 2 aromatic rings. The third-order valence-corrected chi connectivity index (χ3v) is 4.41. The number of aromatic amines is 1. The summed E-state index contributed by atoms with van der Waals surface area (Å²) in [5, 5.41) is 1.29. The van der Waals surface area contributed by atoms with Crippen LogP contribution in [0.25, 0.3) is 10.9 Å². The summed E-state index contributed by atoms with van der Waals surface area (Å²) in [6.45, 7) is 5.16. The second-order valence-corrected chi connectivity index (χ2v) is 6.54. The molecule has 21 heavy (non-hydrogen) atoms. The molecule has 1 saturated heterocycles. The fourth-order valence-corrected chi connectivity index (χ4v) is 3.40. The molecule has 3 rings (SSSR count). The number of nitrogens with zero attached hydrogens (tertiary/aromatic N) is 1. The molecule has 3 heteroatoms. The number of benzene rings is 1. The van der Waals surface area contributed by atoms with Crippen LogP contribution in [0.5, 0.6) is 0 Å². The predicted molar refractivity (Wildman–Crippen MR) is 86.2 cm³/mol. The Hall–Kier alpha value is -1.77. The van der Waals surface area contributed by atoms with E-state index in [-0.39, 0.29) is 0 Å². The van der Waals surface area contributed by atoms with Crippen molar-refractivity contribution in [2.45, 2.75) is 45.6 Å². The molecule has 2 heterocycles. The van der Waals surface area contributed by atoms with Crippen LogP contribution in [0.2, 0.25) is 0 Å². The van der Waals surface area contributed by atoms with Gasteiger partial charge in [0.2, 0.25) is 5.91 Å². The summed E-state index contributed by atoms with van der Waals surface area (Å²) < 4.78 is 0. The molecule has 0 radical (unpaired) electrons. The number of H-pyrrole nitrogens is 1. The first-order chi connectivity index (χ1) is 10.1. The standard InChI is InChI=1S/C18H24N2O/c1-13(2)10-18(21)20-9-5-6-15(20)11-14-12-19-17-8-4-3-7-16(14)17/h3-4,7-8,12-13,15,19H,5-6,9-11H2,1-2H3. The molecule has 0 saturated carbocycles. The number of amides is 1. The van der Waals surface area contributed by atoms with Gasteiger partial charge in [0.1, 0.15) is 0 Å². The van der Waals surface area contributed by atoms with Gasteiger partial charge < -0.3 is 9.88 Å². The van der Waals surface area contributed by atoms with Crippen molar-refractivity contribution in [2.75, 3.05) is 6.54 Å². The van der Waals surface area contributed by atoms with Crippen LogP contribution in [0.3, 0.4) is 0 Å². The zero-order chi connectivity index (χ0) is 14.8. The second-order valence-electron chi connectivity index (χ2n) is 6.54. The van der Waals surface area contributed by atoms with Gasteiger partial charge in [-0.15, -0.1) is 0 Å². The number of fused-ring (bicyclic) bond motifs is 1. The molecule has 3 nitrogen and oxygen atoms in total. The third-order valence-electron chi connectivity index (χ3n) is 4.41. The Morgan fingerprint density at radius 3 is 3.00 bits per heavy atom. The van der Waals surface area contributed by atoms with Crippen LogP contribution in [-0.4, -0.2) is 28.4 Å². The van der Waals surface area contributed by atoms with E-state index in [0.717, 1.165) is 25.8 Å². The van der Waals surface area contributed by atoms with Gasteiger partial charge in [0.25, 0.3) is 0 Å². The van der Waals surface area contributed by atoms with E-state index in [2.05, 4.69) is 54.2 Å². The highest BCUT2D eigenvalue weighted by atomic mass is 16.2. The van der Waals surface area contributed by atoms with Crippen molar-refractivity contribution >= 4 is 16.8 Å². The van der Waals surface area contributed by atoms with E-state index in [1.54, 1.807) is 0 Å². The highest BCUT2D eigenvalue weighted by molar-refractivity contribution is 5.83. The van der Waals surface area contributed by atoms with Gasteiger partial charge in [0, 0.05) is 36.1 Å². The van der Waals surface area contributed by atoms with Gasteiger partial charge in [0.15, 0.2) is 0 Å². The number of likely N-dealkylation sites (tertiary alicyclic amines) is 1. The smallest absolute Gasteiger partial charge is 0.223 e. The van der Waals surface area contributed by atoms with Gasteiger partial charge in [0.05, 0.1) is 0 Å². The van der Waals surface area contributed by atoms with E-state index in [0.29, 0.717) is 24.3 Å². The lowest BCUT2D eigenvalue weighted by molar-refractivity contribution is -0.132. The third kappa shape index (κ3) is 2.97. The topological polar surface area (TPSA) is 36.1 Å². The van der Waals surface area contributed by atoms with Crippen molar-refractivity contribution < 1.29 is 4.79 Å². The molecule has 1 fully saturated rings. The molecule has 1 aliphatic heterocycles. The molecule has 0 bridgehead atoms. The molecule has 0 spiro atoms. The molecule has 1 unspecified atom stereocenters. The van der Waals surface area contributed by atoms with Crippen molar-refractivity contribution in [2.24, 2.45) is 5.92 Å². The maximum Gasteiger partial charge on any atom is 0.223 e. The summed E-state index contributed by atoms with van der Waals surface area (Å²) in [4.78, 5) is 17.8. The number of hydrogen-bond acceptors (Lipinski definition) is 1. The van der Waals surface area contributed by atoms with Gasteiger partial charge in [-0.05, 0) is 36.8 Å². The lowest BCUT2D eigenvalue weighted by Crippen LogP contribution is -2.37. The average molecular weight is 284 g/mol. The number of aromatic nitrogens is 1. The van der Waals surface area contributed by atoms with E-state index in [9.17, 15) is 4.79 Å². The molecule has 1 aliphatic rings. The first-order valence-corrected chi connectivity index (χ1v) is 7.99. The summed E-state index contributed by atoms with van der Waals surface area (Å²) in [7, 11) is 0. The maximum atomic E-state index is 12.4. The number of hydrogen-bond donors (Lipinski definition) is 1. The molecule has 1 aromatic carbocycles. The van der Waals surface area contributed by atoms with E-state index in [1.807, 2.05) is 0 Å². The quantitative estimate of drug-likeness (QED) is 0.912. The van der Waals surface area contributed by atoms with Crippen LogP contribution in [0, 0.1) is 5.92 Å². The second kappa shape index (κ2) is 5.92. The van der Waals surface area contributed by atoms with Crippen molar-refractivity contribution in [3.8, 4) is 0 Å². The number of rotatable bonds is 4. The summed E-state index contributed by atoms with van der Waals surface area (Å²) in [5.74, 6) is 0.763. The predicted octanol–water partition coefficient (Wildman–Crippen LogP) is 3.75. The van der Waals surface area contributed by atoms with Gasteiger partial charge >= 0.3 is 0 Å². The minimum Gasteiger partial charge on any atom is -0.361 e. The maximum absolute atomic E-state index is 12.4. The normalized spacial score (nSPS) is 18.8. The van der Waals surface area contributed by atoms with Gasteiger partial charge in [-0.3, -0.25) is 4.79 Å². The van der Waals surface area contributed by atoms with Crippen molar-refractivity contribution in [1.29, 1.82) is 0 Å². The highest BCUT2D eigenvalue weighted by Crippen LogP contribution is 2.26. The molecule has 1 atom stereocenters. The van der Waals surface area contributed by atoms with Crippen LogP contribution >= 0.6 is 0 Å². The van der Waals surface area contributed by atoms with Crippen LogP contribution in [0.1, 0.15) is 38.7 Å². The van der Waals surface area contributed by atoms with Gasteiger partial charge in [-0.25, -0.2) is 0 Å². The Labute approximate surface area is 126 Å². The Kier molecular flexibility index (Phi) is 4.00. The van der Waals surface area contributed by atoms with E-state index >= 15 is 0 Å². The van der Waals surface area contributed by atoms with E-state index < -0.39 is 0 Å². The molecular weight excluding hydrogens is 260 g/mol. The van der Waals surface area contributed by atoms with Gasteiger partial charge in [-0.1, -0.05) is 32.0 Å². The van der Waals surface area contributed by atoms with Crippen LogP contribution in [0.4, 0.5) is 0 Å². The van der Waals surface area contributed by atoms with Crippen LogP contribution in [-0.2, 0) is 11.2 Å². The fourth-order valence-electron chi connectivity index (χ4n) is 3.40. The van der Waals surface area contributed by atoms with Crippen molar-refractivity contribution in [3.63, 3.8) is 0 Å². The van der Waals surface area contributed by atoms with Crippen molar-refractivity contribution in [1.82, 2.24) is 9.88 Å². The molecule has 1 aromatic heterocycles. The Bertz CT molecular complexity index is 629. The molecular formula is C18H24N2O. The average Bonchev–Trinajstić information content (AvgIpc) is 3.06. The molecule has 0 aliphatic carbocycles. The lowest BCUT2D eigenvalue weighted by atomic mass is 10.0. The highest BCUT2D eigenvalue weighted by Gasteiger charge is 2.29. The minimum atomic E-state index is 0.326. The minimum absolute atomic E-state index is 0.326. The molecule has 1 N–H and O–H groups in total. The first-order valence-electron chi connectivity index (χ1n) is 7.99.